The van der Waals surface area contributed by atoms with Crippen molar-refractivity contribution in [2.24, 2.45) is 0 Å². The summed E-state index contributed by atoms with van der Waals surface area (Å²) in [4.78, 5) is 11.7. The van der Waals surface area contributed by atoms with Crippen molar-refractivity contribution in [3.63, 3.8) is 0 Å². The second kappa shape index (κ2) is 10.1. The Balaban J connectivity index is 2.17. The molecule has 0 aliphatic heterocycles. The lowest BCUT2D eigenvalue weighted by Gasteiger charge is -2.14. The van der Waals surface area contributed by atoms with Gasteiger partial charge in [-0.3, -0.25) is 0 Å². The maximum atomic E-state index is 11.7. The Kier molecular flexibility index (Phi) is 8.32. The Hall–Kier alpha value is -1.71. The smallest absolute Gasteiger partial charge is 0.315 e. The summed E-state index contributed by atoms with van der Waals surface area (Å²) in [5.41, 5.74) is 1.19. The average Bonchev–Trinajstić information content (AvgIpc) is 2.48. The Morgan fingerprint density at radius 1 is 1.24 bits per heavy atom. The number of ether oxygens (including phenoxy) is 1. The molecule has 0 aliphatic rings. The van der Waals surface area contributed by atoms with E-state index < -0.39 is 0 Å². The molecule has 118 valence electrons. The molecule has 4 heteroatoms. The summed E-state index contributed by atoms with van der Waals surface area (Å²) in [5.74, 6) is 0.852. The van der Waals surface area contributed by atoms with Gasteiger partial charge in [0.15, 0.2) is 0 Å². The van der Waals surface area contributed by atoms with Crippen LogP contribution in [0, 0.1) is 0 Å². The van der Waals surface area contributed by atoms with Crippen LogP contribution in [-0.2, 0) is 6.42 Å². The van der Waals surface area contributed by atoms with E-state index in [0.29, 0.717) is 6.54 Å². The third-order valence-electron chi connectivity index (χ3n) is 3.48. The van der Waals surface area contributed by atoms with Crippen LogP contribution in [0.3, 0.4) is 0 Å². The molecular weight excluding hydrogens is 264 g/mol. The molecular formula is C17H28N2O2. The first-order valence-electron chi connectivity index (χ1n) is 7.83. The highest BCUT2D eigenvalue weighted by molar-refractivity contribution is 5.74. The number of unbranched alkanes of at least 4 members (excludes halogenated alkanes) is 2. The number of hydrogen-bond donors (Lipinski definition) is 2. The monoisotopic (exact) mass is 292 g/mol. The normalized spacial score (nSPS) is 11.8. The third-order valence-corrected chi connectivity index (χ3v) is 3.48. The fraction of sp³-hybridized carbons (Fsp3) is 0.588. The number of nitrogens with one attached hydrogen (secondary N) is 2. The quantitative estimate of drug-likeness (QED) is 0.684. The summed E-state index contributed by atoms with van der Waals surface area (Å²) in [5, 5.41) is 5.87. The van der Waals surface area contributed by atoms with E-state index in [4.69, 9.17) is 4.74 Å². The Morgan fingerprint density at radius 2 is 1.95 bits per heavy atom. The molecule has 1 rings (SSSR count). The van der Waals surface area contributed by atoms with Crippen LogP contribution in [0.15, 0.2) is 24.3 Å². The van der Waals surface area contributed by atoms with Crippen LogP contribution >= 0.6 is 0 Å². The largest absolute Gasteiger partial charge is 0.497 e. The highest BCUT2D eigenvalue weighted by Gasteiger charge is 2.06. The highest BCUT2D eigenvalue weighted by atomic mass is 16.5. The van der Waals surface area contributed by atoms with Gasteiger partial charge in [0.1, 0.15) is 5.75 Å². The predicted molar refractivity (Wildman–Crippen MR) is 86.8 cm³/mol. The molecule has 0 radical (unpaired) electrons. The molecule has 0 saturated carbocycles. The van der Waals surface area contributed by atoms with Crippen molar-refractivity contribution in [1.82, 2.24) is 10.6 Å². The predicted octanol–water partition coefficient (Wildman–Crippen LogP) is 3.51. The minimum atomic E-state index is -0.0764. The number of amides is 2. The van der Waals surface area contributed by atoms with Gasteiger partial charge in [0.2, 0.25) is 0 Å². The van der Waals surface area contributed by atoms with Gasteiger partial charge in [-0.05, 0) is 37.5 Å². The van der Waals surface area contributed by atoms with Gasteiger partial charge in [-0.15, -0.1) is 0 Å². The number of rotatable bonds is 9. The standard InChI is InChI=1S/C17H28N2O2/c1-4-5-6-7-14(2)19-17(20)18-13-12-15-8-10-16(21-3)11-9-15/h8-11,14H,4-7,12-13H2,1-3H3,(H2,18,19,20). The lowest BCUT2D eigenvalue weighted by molar-refractivity contribution is 0.237. The van der Waals surface area contributed by atoms with Crippen LogP contribution in [0.5, 0.6) is 5.75 Å². The van der Waals surface area contributed by atoms with E-state index in [1.54, 1.807) is 7.11 Å². The van der Waals surface area contributed by atoms with Crippen molar-refractivity contribution >= 4 is 6.03 Å². The van der Waals surface area contributed by atoms with Gasteiger partial charge in [-0.25, -0.2) is 4.79 Å². The summed E-state index contributed by atoms with van der Waals surface area (Å²) in [6.45, 7) is 4.88. The van der Waals surface area contributed by atoms with Crippen LogP contribution in [-0.4, -0.2) is 25.7 Å². The van der Waals surface area contributed by atoms with E-state index in [1.807, 2.05) is 24.3 Å². The molecule has 0 fully saturated rings. The summed E-state index contributed by atoms with van der Waals surface area (Å²) in [6.07, 6.45) is 5.47. The molecule has 0 spiro atoms. The fourth-order valence-corrected chi connectivity index (χ4v) is 2.16. The molecule has 0 bridgehead atoms. The molecule has 1 atom stereocenters. The molecule has 2 N–H and O–H groups in total. The molecule has 0 aliphatic carbocycles. The van der Waals surface area contributed by atoms with E-state index in [1.165, 1.54) is 24.8 Å². The Bertz CT molecular complexity index is 404. The number of urea groups is 1. The maximum Gasteiger partial charge on any atom is 0.315 e. The average molecular weight is 292 g/mol. The van der Waals surface area contributed by atoms with E-state index >= 15 is 0 Å². The van der Waals surface area contributed by atoms with Crippen molar-refractivity contribution in [2.45, 2.75) is 52.0 Å². The molecule has 0 aromatic heterocycles. The first-order chi connectivity index (χ1) is 10.2. The first kappa shape index (κ1) is 17.3. The Labute approximate surface area is 128 Å². The fourth-order valence-electron chi connectivity index (χ4n) is 2.16. The molecule has 21 heavy (non-hydrogen) atoms. The van der Waals surface area contributed by atoms with Crippen LogP contribution in [0.25, 0.3) is 0 Å². The number of benzene rings is 1. The van der Waals surface area contributed by atoms with Gasteiger partial charge in [-0.2, -0.15) is 0 Å². The second-order valence-electron chi connectivity index (χ2n) is 5.40. The second-order valence-corrected chi connectivity index (χ2v) is 5.40. The highest BCUT2D eigenvalue weighted by Crippen LogP contribution is 2.11. The lowest BCUT2D eigenvalue weighted by Crippen LogP contribution is -2.41. The number of methoxy groups -OCH3 is 1. The van der Waals surface area contributed by atoms with E-state index in [2.05, 4.69) is 24.5 Å². The van der Waals surface area contributed by atoms with E-state index in [0.717, 1.165) is 18.6 Å². The van der Waals surface area contributed by atoms with Gasteiger partial charge in [0.05, 0.1) is 7.11 Å². The van der Waals surface area contributed by atoms with Crippen LogP contribution in [0.1, 0.15) is 45.1 Å². The minimum Gasteiger partial charge on any atom is -0.497 e. The van der Waals surface area contributed by atoms with Crippen LogP contribution in [0.2, 0.25) is 0 Å². The van der Waals surface area contributed by atoms with Gasteiger partial charge in [-0.1, -0.05) is 38.3 Å². The van der Waals surface area contributed by atoms with Crippen molar-refractivity contribution in [3.8, 4) is 5.75 Å². The van der Waals surface area contributed by atoms with Crippen LogP contribution in [0.4, 0.5) is 4.79 Å². The lowest BCUT2D eigenvalue weighted by atomic mass is 10.1. The van der Waals surface area contributed by atoms with Gasteiger partial charge in [0.25, 0.3) is 0 Å². The maximum absolute atomic E-state index is 11.7. The Morgan fingerprint density at radius 3 is 2.57 bits per heavy atom. The third kappa shape index (κ3) is 7.59. The molecule has 1 aromatic carbocycles. The van der Waals surface area contributed by atoms with E-state index in [9.17, 15) is 4.79 Å². The molecule has 1 unspecified atom stereocenters. The summed E-state index contributed by atoms with van der Waals surface area (Å²) in [7, 11) is 1.66. The zero-order valence-corrected chi connectivity index (χ0v) is 13.4. The van der Waals surface area contributed by atoms with Gasteiger partial charge >= 0.3 is 6.03 Å². The zero-order chi connectivity index (χ0) is 15.5. The molecule has 1 aromatic rings. The zero-order valence-electron chi connectivity index (χ0n) is 13.4. The van der Waals surface area contributed by atoms with Crippen molar-refractivity contribution in [1.29, 1.82) is 0 Å². The van der Waals surface area contributed by atoms with Crippen molar-refractivity contribution in [3.05, 3.63) is 29.8 Å². The number of hydrogen-bond acceptors (Lipinski definition) is 2. The molecule has 4 nitrogen and oxygen atoms in total. The van der Waals surface area contributed by atoms with Gasteiger partial charge in [0, 0.05) is 12.6 Å². The molecule has 0 heterocycles. The van der Waals surface area contributed by atoms with Crippen molar-refractivity contribution < 1.29 is 9.53 Å². The molecule has 0 saturated heterocycles. The topological polar surface area (TPSA) is 50.4 Å². The van der Waals surface area contributed by atoms with E-state index in [-0.39, 0.29) is 12.1 Å². The summed E-state index contributed by atoms with van der Waals surface area (Å²) < 4.78 is 5.12. The van der Waals surface area contributed by atoms with Gasteiger partial charge < -0.3 is 15.4 Å². The molecule has 2 amide bonds. The number of carbonyl (C=O) groups excluding carboxylic acids is 1. The first-order valence-corrected chi connectivity index (χ1v) is 7.83. The number of carbonyl (C=O) groups is 1. The summed E-state index contributed by atoms with van der Waals surface area (Å²) >= 11 is 0. The minimum absolute atomic E-state index is 0.0764. The van der Waals surface area contributed by atoms with Crippen molar-refractivity contribution in [2.75, 3.05) is 13.7 Å². The summed E-state index contributed by atoms with van der Waals surface area (Å²) in [6, 6.07) is 8.07. The SMILES string of the molecule is CCCCCC(C)NC(=O)NCCc1ccc(OC)cc1. The van der Waals surface area contributed by atoms with Crippen LogP contribution < -0.4 is 15.4 Å².